The molecule has 19 heavy (non-hydrogen) atoms. The number of benzene rings is 1. The first kappa shape index (κ1) is 13.8. The van der Waals surface area contributed by atoms with E-state index in [4.69, 9.17) is 0 Å². The average Bonchev–Trinajstić information content (AvgIpc) is 2.83. The molecule has 102 valence electrons. The van der Waals surface area contributed by atoms with E-state index in [9.17, 15) is 0 Å². The minimum atomic E-state index is 0.194. The molecular weight excluding hydrogens is 234 g/mol. The summed E-state index contributed by atoms with van der Waals surface area (Å²) in [6.07, 6.45) is 4.04. The summed E-state index contributed by atoms with van der Waals surface area (Å²) in [7, 11) is 0. The second-order valence-electron chi connectivity index (χ2n) is 5.85. The number of para-hydroxylation sites is 1. The van der Waals surface area contributed by atoms with E-state index in [-0.39, 0.29) is 5.54 Å². The third kappa shape index (κ3) is 4.21. The topological polar surface area (TPSA) is 29.9 Å². The summed E-state index contributed by atoms with van der Waals surface area (Å²) >= 11 is 0. The summed E-state index contributed by atoms with van der Waals surface area (Å²) in [5.74, 6) is 0. The summed E-state index contributed by atoms with van der Waals surface area (Å²) in [5, 5.41) is 7.92. The van der Waals surface area contributed by atoms with Crippen LogP contribution in [0.5, 0.6) is 0 Å². The Morgan fingerprint density at radius 1 is 1.11 bits per heavy atom. The Hall–Kier alpha value is -1.61. The van der Waals surface area contributed by atoms with Crippen LogP contribution in [0.25, 0.3) is 5.69 Å². The Morgan fingerprint density at radius 3 is 2.53 bits per heavy atom. The minimum Gasteiger partial charge on any atom is -0.312 e. The van der Waals surface area contributed by atoms with E-state index in [1.54, 1.807) is 0 Å². The van der Waals surface area contributed by atoms with Crippen LogP contribution >= 0.6 is 0 Å². The van der Waals surface area contributed by atoms with Crippen molar-refractivity contribution in [3.8, 4) is 5.69 Å². The van der Waals surface area contributed by atoms with Gasteiger partial charge < -0.3 is 5.32 Å². The van der Waals surface area contributed by atoms with Gasteiger partial charge in [0.1, 0.15) is 0 Å². The molecule has 1 heterocycles. The van der Waals surface area contributed by atoms with E-state index in [2.05, 4.69) is 49.4 Å². The van der Waals surface area contributed by atoms with E-state index < -0.39 is 0 Å². The normalized spacial score (nSPS) is 11.7. The van der Waals surface area contributed by atoms with E-state index in [1.807, 2.05) is 29.1 Å². The van der Waals surface area contributed by atoms with Crippen LogP contribution in [-0.2, 0) is 6.42 Å². The molecule has 0 aliphatic carbocycles. The zero-order valence-electron chi connectivity index (χ0n) is 12.1. The molecule has 3 heteroatoms. The van der Waals surface area contributed by atoms with Crippen molar-refractivity contribution in [1.29, 1.82) is 0 Å². The van der Waals surface area contributed by atoms with Gasteiger partial charge in [-0.2, -0.15) is 5.10 Å². The monoisotopic (exact) mass is 257 g/mol. The number of hydrogen-bond acceptors (Lipinski definition) is 2. The second kappa shape index (κ2) is 6.02. The first-order chi connectivity index (χ1) is 9.06. The maximum absolute atomic E-state index is 4.41. The number of nitrogens with one attached hydrogen (secondary N) is 1. The quantitative estimate of drug-likeness (QED) is 0.834. The van der Waals surface area contributed by atoms with Crippen molar-refractivity contribution in [3.63, 3.8) is 0 Å². The highest BCUT2D eigenvalue weighted by molar-refractivity contribution is 5.32. The van der Waals surface area contributed by atoms with Crippen molar-refractivity contribution in [1.82, 2.24) is 15.1 Å². The molecule has 0 unspecified atom stereocenters. The molecule has 0 fully saturated rings. The molecule has 0 radical (unpaired) electrons. The Labute approximate surface area is 115 Å². The fourth-order valence-electron chi connectivity index (χ4n) is 2.05. The molecule has 0 spiro atoms. The van der Waals surface area contributed by atoms with Crippen molar-refractivity contribution in [3.05, 3.63) is 48.3 Å². The van der Waals surface area contributed by atoms with E-state index >= 15 is 0 Å². The lowest BCUT2D eigenvalue weighted by atomic mass is 10.1. The molecule has 0 bridgehead atoms. The Bertz CT molecular complexity index is 494. The zero-order valence-corrected chi connectivity index (χ0v) is 12.1. The van der Waals surface area contributed by atoms with Gasteiger partial charge in [-0.3, -0.25) is 0 Å². The van der Waals surface area contributed by atoms with Gasteiger partial charge in [-0.15, -0.1) is 0 Å². The lowest BCUT2D eigenvalue weighted by molar-refractivity contribution is 0.421. The molecule has 0 aliphatic heterocycles. The van der Waals surface area contributed by atoms with Gasteiger partial charge in [0.25, 0.3) is 0 Å². The standard InChI is InChI=1S/C16H23N3/c1-16(2,3)17-12-7-10-15-11-13-18-19(15)14-8-5-4-6-9-14/h4-6,8-9,11,13,17H,7,10,12H2,1-3H3. The van der Waals surface area contributed by atoms with E-state index in [0.717, 1.165) is 25.1 Å². The molecule has 0 aliphatic rings. The maximum atomic E-state index is 4.41. The van der Waals surface area contributed by atoms with Gasteiger partial charge in [0.2, 0.25) is 0 Å². The fourth-order valence-corrected chi connectivity index (χ4v) is 2.05. The predicted molar refractivity (Wildman–Crippen MR) is 79.6 cm³/mol. The van der Waals surface area contributed by atoms with E-state index in [1.165, 1.54) is 5.69 Å². The van der Waals surface area contributed by atoms with Crippen LogP contribution in [0.3, 0.4) is 0 Å². The SMILES string of the molecule is CC(C)(C)NCCCc1ccnn1-c1ccccc1. The number of aromatic nitrogens is 2. The Kier molecular flexibility index (Phi) is 4.38. The molecule has 2 aromatic rings. The largest absolute Gasteiger partial charge is 0.312 e. The fraction of sp³-hybridized carbons (Fsp3) is 0.438. The second-order valence-corrected chi connectivity index (χ2v) is 5.85. The van der Waals surface area contributed by atoms with Crippen molar-refractivity contribution < 1.29 is 0 Å². The molecule has 0 saturated heterocycles. The number of rotatable bonds is 5. The van der Waals surface area contributed by atoms with Crippen molar-refractivity contribution in [2.24, 2.45) is 0 Å². The van der Waals surface area contributed by atoms with Crippen LogP contribution in [0.2, 0.25) is 0 Å². The number of nitrogens with zero attached hydrogens (tertiary/aromatic N) is 2. The summed E-state index contributed by atoms with van der Waals surface area (Å²) in [5.41, 5.74) is 2.59. The van der Waals surface area contributed by atoms with Gasteiger partial charge in [-0.05, 0) is 58.4 Å². The molecule has 2 rings (SSSR count). The van der Waals surface area contributed by atoms with Gasteiger partial charge in [-0.1, -0.05) is 18.2 Å². The highest BCUT2D eigenvalue weighted by Crippen LogP contribution is 2.11. The summed E-state index contributed by atoms with van der Waals surface area (Å²) < 4.78 is 2.02. The molecule has 1 N–H and O–H groups in total. The minimum absolute atomic E-state index is 0.194. The van der Waals surface area contributed by atoms with Crippen LogP contribution in [0.4, 0.5) is 0 Å². The van der Waals surface area contributed by atoms with Crippen LogP contribution in [0.1, 0.15) is 32.9 Å². The third-order valence-corrected chi connectivity index (χ3v) is 2.99. The molecule has 1 aromatic heterocycles. The maximum Gasteiger partial charge on any atom is 0.0648 e. The van der Waals surface area contributed by atoms with Gasteiger partial charge in [0.05, 0.1) is 5.69 Å². The van der Waals surface area contributed by atoms with Crippen molar-refractivity contribution in [2.75, 3.05) is 6.54 Å². The third-order valence-electron chi connectivity index (χ3n) is 2.99. The van der Waals surface area contributed by atoms with Crippen LogP contribution in [0, 0.1) is 0 Å². The zero-order chi connectivity index (χ0) is 13.7. The molecular formula is C16H23N3. The van der Waals surface area contributed by atoms with Crippen molar-refractivity contribution in [2.45, 2.75) is 39.2 Å². The lowest BCUT2D eigenvalue weighted by Gasteiger charge is -2.20. The van der Waals surface area contributed by atoms with Crippen LogP contribution in [-0.4, -0.2) is 21.9 Å². The van der Waals surface area contributed by atoms with Crippen LogP contribution < -0.4 is 5.32 Å². The van der Waals surface area contributed by atoms with Gasteiger partial charge in [0.15, 0.2) is 0 Å². The van der Waals surface area contributed by atoms with Gasteiger partial charge in [-0.25, -0.2) is 4.68 Å². The average molecular weight is 257 g/mol. The van der Waals surface area contributed by atoms with Gasteiger partial charge >= 0.3 is 0 Å². The molecule has 0 atom stereocenters. The molecule has 3 nitrogen and oxygen atoms in total. The highest BCUT2D eigenvalue weighted by atomic mass is 15.3. The Morgan fingerprint density at radius 2 is 1.84 bits per heavy atom. The summed E-state index contributed by atoms with van der Waals surface area (Å²) in [4.78, 5) is 0. The first-order valence-electron chi connectivity index (χ1n) is 6.90. The molecule has 0 saturated carbocycles. The van der Waals surface area contributed by atoms with E-state index in [0.29, 0.717) is 0 Å². The number of aryl methyl sites for hydroxylation is 1. The smallest absolute Gasteiger partial charge is 0.0648 e. The Balaban J connectivity index is 1.94. The van der Waals surface area contributed by atoms with Crippen LogP contribution in [0.15, 0.2) is 42.6 Å². The summed E-state index contributed by atoms with van der Waals surface area (Å²) in [6.45, 7) is 7.62. The first-order valence-corrected chi connectivity index (χ1v) is 6.90. The lowest BCUT2D eigenvalue weighted by Crippen LogP contribution is -2.36. The highest BCUT2D eigenvalue weighted by Gasteiger charge is 2.08. The number of hydrogen-bond donors (Lipinski definition) is 1. The van der Waals surface area contributed by atoms with Gasteiger partial charge in [0, 0.05) is 17.4 Å². The molecule has 0 amide bonds. The predicted octanol–water partition coefficient (Wildman–Crippen LogP) is 3.19. The summed E-state index contributed by atoms with van der Waals surface area (Å²) in [6, 6.07) is 12.4. The molecule has 1 aromatic carbocycles. The van der Waals surface area contributed by atoms with Crippen molar-refractivity contribution >= 4 is 0 Å².